The largest absolute Gasteiger partial charge is 0.396 e. The summed E-state index contributed by atoms with van der Waals surface area (Å²) in [4.78, 5) is 13.8. The van der Waals surface area contributed by atoms with Gasteiger partial charge in [-0.1, -0.05) is 0 Å². The number of hydrogen-bond acceptors (Lipinski definition) is 4. The molecule has 0 radical (unpaired) electrons. The van der Waals surface area contributed by atoms with Gasteiger partial charge in [0.05, 0.1) is 19.6 Å². The van der Waals surface area contributed by atoms with Gasteiger partial charge in [0.2, 0.25) is 5.91 Å². The minimum atomic E-state index is -0.0960. The molecule has 2 aliphatic heterocycles. The van der Waals surface area contributed by atoms with E-state index >= 15 is 0 Å². The van der Waals surface area contributed by atoms with Crippen molar-refractivity contribution in [2.24, 2.45) is 11.3 Å². The molecule has 1 amide bonds. The summed E-state index contributed by atoms with van der Waals surface area (Å²) in [5.41, 5.74) is -0.0960. The zero-order chi connectivity index (χ0) is 12.3. The molecular weight excluding hydrogens is 256 g/mol. The van der Waals surface area contributed by atoms with Gasteiger partial charge in [-0.05, 0) is 12.8 Å². The number of nitrogens with zero attached hydrogens (tertiary/aromatic N) is 1. The Balaban J connectivity index is 0.00000162. The Morgan fingerprint density at radius 2 is 2.39 bits per heavy atom. The second-order valence-electron chi connectivity index (χ2n) is 5.07. The first-order chi connectivity index (χ1) is 8.22. The number of hydrogen-bond donors (Lipinski definition) is 2. The molecule has 0 spiro atoms. The van der Waals surface area contributed by atoms with E-state index in [1.165, 1.54) is 0 Å². The fourth-order valence-electron chi connectivity index (χ4n) is 2.90. The minimum absolute atomic E-state index is 0. The number of amides is 1. The summed E-state index contributed by atoms with van der Waals surface area (Å²) in [6.45, 7) is 6.45. The van der Waals surface area contributed by atoms with E-state index in [1.54, 1.807) is 0 Å². The number of halogens is 1. The highest BCUT2D eigenvalue weighted by molar-refractivity contribution is 5.85. The Morgan fingerprint density at radius 1 is 1.61 bits per heavy atom. The maximum atomic E-state index is 12.0. The third-order valence-electron chi connectivity index (χ3n) is 4.01. The van der Waals surface area contributed by atoms with Gasteiger partial charge in [0, 0.05) is 38.2 Å². The molecule has 106 valence electrons. The van der Waals surface area contributed by atoms with Crippen molar-refractivity contribution in [3.05, 3.63) is 0 Å². The number of carbonyl (C=O) groups excluding carboxylic acids is 1. The molecular formula is C12H23ClN2O3. The van der Waals surface area contributed by atoms with E-state index in [0.29, 0.717) is 32.1 Å². The van der Waals surface area contributed by atoms with E-state index in [4.69, 9.17) is 4.74 Å². The maximum absolute atomic E-state index is 12.0. The Hall–Kier alpha value is -0.360. The quantitative estimate of drug-likeness (QED) is 0.688. The van der Waals surface area contributed by atoms with Crippen LogP contribution in [0.2, 0.25) is 0 Å². The third kappa shape index (κ3) is 2.96. The molecule has 2 N–H and O–H groups in total. The van der Waals surface area contributed by atoms with Crippen LogP contribution in [0.15, 0.2) is 0 Å². The summed E-state index contributed by atoms with van der Waals surface area (Å²) in [5.74, 6) is 0.559. The normalized spacial score (nSPS) is 30.1. The smallest absolute Gasteiger partial charge is 0.224 e. The lowest BCUT2D eigenvalue weighted by atomic mass is 9.82. The van der Waals surface area contributed by atoms with E-state index in [0.717, 1.165) is 19.6 Å². The van der Waals surface area contributed by atoms with Crippen LogP contribution in [-0.4, -0.2) is 61.9 Å². The lowest BCUT2D eigenvalue weighted by molar-refractivity contribution is -0.131. The van der Waals surface area contributed by atoms with Crippen LogP contribution >= 0.6 is 12.4 Å². The van der Waals surface area contributed by atoms with E-state index in [9.17, 15) is 9.90 Å². The van der Waals surface area contributed by atoms with Crippen LogP contribution in [0.1, 0.15) is 13.3 Å². The molecule has 6 heteroatoms. The van der Waals surface area contributed by atoms with Gasteiger partial charge in [-0.25, -0.2) is 0 Å². The summed E-state index contributed by atoms with van der Waals surface area (Å²) < 4.78 is 5.20. The van der Waals surface area contributed by atoms with Crippen molar-refractivity contribution in [2.45, 2.75) is 13.3 Å². The summed E-state index contributed by atoms with van der Waals surface area (Å²) in [6.07, 6.45) is 0.454. The van der Waals surface area contributed by atoms with Gasteiger partial charge in [0.15, 0.2) is 0 Å². The van der Waals surface area contributed by atoms with Gasteiger partial charge in [0.1, 0.15) is 0 Å². The fourth-order valence-corrected chi connectivity index (χ4v) is 2.90. The van der Waals surface area contributed by atoms with Crippen LogP contribution in [0.3, 0.4) is 0 Å². The molecule has 2 rings (SSSR count). The van der Waals surface area contributed by atoms with Gasteiger partial charge < -0.3 is 20.1 Å². The van der Waals surface area contributed by atoms with Crippen molar-refractivity contribution in [1.29, 1.82) is 0 Å². The van der Waals surface area contributed by atoms with Crippen molar-refractivity contribution in [3.8, 4) is 0 Å². The highest BCUT2D eigenvalue weighted by Crippen LogP contribution is 2.38. The molecule has 2 saturated heterocycles. The molecule has 0 bridgehead atoms. The minimum Gasteiger partial charge on any atom is -0.396 e. The molecule has 0 aliphatic carbocycles. The zero-order valence-electron chi connectivity index (χ0n) is 10.9. The second-order valence-corrected chi connectivity index (χ2v) is 5.07. The molecule has 2 heterocycles. The van der Waals surface area contributed by atoms with Crippen LogP contribution in [0.25, 0.3) is 0 Å². The number of carbonyl (C=O) groups is 1. The number of aliphatic hydroxyl groups is 1. The number of fused-ring (bicyclic) bond motifs is 1. The van der Waals surface area contributed by atoms with Crippen LogP contribution in [0.5, 0.6) is 0 Å². The average molecular weight is 279 g/mol. The molecule has 0 aromatic heterocycles. The number of rotatable bonds is 5. The summed E-state index contributed by atoms with van der Waals surface area (Å²) >= 11 is 0. The highest BCUT2D eigenvalue weighted by atomic mass is 35.5. The number of likely N-dealkylation sites (tertiary alicyclic amines) is 1. The average Bonchev–Trinajstić information content (AvgIpc) is 2.85. The molecule has 0 aromatic carbocycles. The summed E-state index contributed by atoms with van der Waals surface area (Å²) in [5, 5.41) is 12.8. The molecule has 2 aliphatic rings. The van der Waals surface area contributed by atoms with E-state index in [2.05, 4.69) is 5.32 Å². The topological polar surface area (TPSA) is 61.8 Å². The van der Waals surface area contributed by atoms with Crippen LogP contribution in [0.4, 0.5) is 0 Å². The SMILES string of the molecule is CCOCCC(=O)N1CC2CNCC2(CO)C1.Cl. The molecule has 18 heavy (non-hydrogen) atoms. The second kappa shape index (κ2) is 6.70. The van der Waals surface area contributed by atoms with E-state index in [1.807, 2.05) is 11.8 Å². The molecule has 2 fully saturated rings. The molecule has 0 aromatic rings. The first-order valence-corrected chi connectivity index (χ1v) is 6.39. The number of aliphatic hydroxyl groups excluding tert-OH is 1. The summed E-state index contributed by atoms with van der Waals surface area (Å²) in [6, 6.07) is 0. The Kier molecular flexibility index (Phi) is 5.85. The van der Waals surface area contributed by atoms with Crippen LogP contribution < -0.4 is 5.32 Å². The van der Waals surface area contributed by atoms with Crippen molar-refractivity contribution < 1.29 is 14.6 Å². The predicted octanol–water partition coefficient (Wildman–Crippen LogP) is -0.125. The third-order valence-corrected chi connectivity index (χ3v) is 4.01. The number of ether oxygens (including phenoxy) is 1. The van der Waals surface area contributed by atoms with Gasteiger partial charge in [-0.2, -0.15) is 0 Å². The highest BCUT2D eigenvalue weighted by Gasteiger charge is 2.50. The van der Waals surface area contributed by atoms with Crippen molar-refractivity contribution in [2.75, 3.05) is 46.0 Å². The first-order valence-electron chi connectivity index (χ1n) is 6.39. The summed E-state index contributed by atoms with van der Waals surface area (Å²) in [7, 11) is 0. The molecule has 0 saturated carbocycles. The van der Waals surface area contributed by atoms with Crippen LogP contribution in [-0.2, 0) is 9.53 Å². The lowest BCUT2D eigenvalue weighted by Gasteiger charge is -2.25. The maximum Gasteiger partial charge on any atom is 0.224 e. The zero-order valence-corrected chi connectivity index (χ0v) is 11.7. The van der Waals surface area contributed by atoms with E-state index in [-0.39, 0.29) is 30.3 Å². The van der Waals surface area contributed by atoms with Crippen molar-refractivity contribution >= 4 is 18.3 Å². The Bertz CT molecular complexity index is 290. The first kappa shape index (κ1) is 15.7. The number of nitrogens with one attached hydrogen (secondary N) is 1. The molecule has 2 atom stereocenters. The van der Waals surface area contributed by atoms with Gasteiger partial charge in [0.25, 0.3) is 0 Å². The van der Waals surface area contributed by atoms with Gasteiger partial charge in [-0.15, -0.1) is 12.4 Å². The van der Waals surface area contributed by atoms with Crippen molar-refractivity contribution in [3.63, 3.8) is 0 Å². The monoisotopic (exact) mass is 278 g/mol. The lowest BCUT2D eigenvalue weighted by Crippen LogP contribution is -2.38. The van der Waals surface area contributed by atoms with Gasteiger partial charge in [-0.3, -0.25) is 4.79 Å². The van der Waals surface area contributed by atoms with Crippen molar-refractivity contribution in [1.82, 2.24) is 10.2 Å². The predicted molar refractivity (Wildman–Crippen MR) is 70.8 cm³/mol. The molecule has 5 nitrogen and oxygen atoms in total. The van der Waals surface area contributed by atoms with Crippen LogP contribution in [0, 0.1) is 11.3 Å². The Morgan fingerprint density at radius 3 is 3.00 bits per heavy atom. The standard InChI is InChI=1S/C12H22N2O3.ClH/c1-2-17-4-3-11(16)14-6-10-5-13-7-12(10,8-14)9-15;/h10,13,15H,2-9H2,1H3;1H. The van der Waals surface area contributed by atoms with E-state index < -0.39 is 0 Å². The fraction of sp³-hybridized carbons (Fsp3) is 0.917. The molecule has 2 unspecified atom stereocenters. The van der Waals surface area contributed by atoms with Gasteiger partial charge >= 0.3 is 0 Å². The Labute approximate surface area is 114 Å².